The monoisotopic (exact) mass is 378 g/mol. The van der Waals surface area contributed by atoms with Crippen molar-refractivity contribution in [2.45, 2.75) is 32.2 Å². The molecule has 0 aliphatic carbocycles. The molecule has 2 aliphatic rings. The van der Waals surface area contributed by atoms with Crippen LogP contribution in [0.3, 0.4) is 0 Å². The zero-order chi connectivity index (χ0) is 18.9. The molecule has 1 atom stereocenters. The SMILES string of the molecule is CCOc1ccc(Nc2c3c(nc4ccnn24)N(CC2CCCN2)CC3)cc1. The number of ether oxygens (including phenoxy) is 1. The van der Waals surface area contributed by atoms with Gasteiger partial charge in [0.25, 0.3) is 0 Å². The summed E-state index contributed by atoms with van der Waals surface area (Å²) in [5.41, 5.74) is 3.13. The maximum Gasteiger partial charge on any atom is 0.159 e. The third-order valence-electron chi connectivity index (χ3n) is 5.57. The standard InChI is InChI=1S/C21H26N6O/c1-2-28-17-7-5-15(6-8-17)24-21-18-10-13-26(14-16-4-3-11-22-16)20(18)25-19-9-12-23-27(19)21/h5-9,12,16,22,24H,2-4,10-11,13-14H2,1H3. The third kappa shape index (κ3) is 3.16. The van der Waals surface area contributed by atoms with Gasteiger partial charge in [-0.1, -0.05) is 0 Å². The summed E-state index contributed by atoms with van der Waals surface area (Å²) in [6.45, 7) is 5.82. The first-order chi connectivity index (χ1) is 13.8. The van der Waals surface area contributed by atoms with Crippen LogP contribution in [0.15, 0.2) is 36.5 Å². The summed E-state index contributed by atoms with van der Waals surface area (Å²) >= 11 is 0. The number of hydrogen-bond acceptors (Lipinski definition) is 6. The predicted molar refractivity (Wildman–Crippen MR) is 111 cm³/mol. The van der Waals surface area contributed by atoms with Gasteiger partial charge in [0, 0.05) is 36.4 Å². The first-order valence-electron chi connectivity index (χ1n) is 10.2. The zero-order valence-electron chi connectivity index (χ0n) is 16.2. The second-order valence-corrected chi connectivity index (χ2v) is 7.44. The number of benzene rings is 1. The van der Waals surface area contributed by atoms with Gasteiger partial charge < -0.3 is 20.3 Å². The normalized spacial score (nSPS) is 18.6. The molecule has 0 spiro atoms. The van der Waals surface area contributed by atoms with Gasteiger partial charge >= 0.3 is 0 Å². The average molecular weight is 378 g/mol. The van der Waals surface area contributed by atoms with E-state index in [1.165, 1.54) is 18.4 Å². The molecular formula is C21H26N6O. The Labute approximate surface area is 164 Å². The Balaban J connectivity index is 1.47. The van der Waals surface area contributed by atoms with Crippen LogP contribution >= 0.6 is 0 Å². The van der Waals surface area contributed by atoms with Crippen LogP contribution in [0.4, 0.5) is 17.3 Å². The van der Waals surface area contributed by atoms with E-state index in [4.69, 9.17) is 9.72 Å². The molecule has 0 radical (unpaired) electrons. The van der Waals surface area contributed by atoms with Crippen molar-refractivity contribution in [3.05, 3.63) is 42.1 Å². The van der Waals surface area contributed by atoms with Crippen LogP contribution in [0.2, 0.25) is 0 Å². The van der Waals surface area contributed by atoms with Crippen molar-refractivity contribution in [1.82, 2.24) is 19.9 Å². The van der Waals surface area contributed by atoms with Gasteiger partial charge in [-0.05, 0) is 57.0 Å². The Morgan fingerprint density at radius 2 is 2.14 bits per heavy atom. The molecule has 2 aromatic heterocycles. The Morgan fingerprint density at radius 3 is 2.93 bits per heavy atom. The minimum absolute atomic E-state index is 0.566. The van der Waals surface area contributed by atoms with E-state index >= 15 is 0 Å². The van der Waals surface area contributed by atoms with Crippen LogP contribution in [0, 0.1) is 0 Å². The lowest BCUT2D eigenvalue weighted by Gasteiger charge is -2.23. The molecule has 7 heteroatoms. The fraction of sp³-hybridized carbons (Fsp3) is 0.429. The van der Waals surface area contributed by atoms with Crippen molar-refractivity contribution in [2.24, 2.45) is 0 Å². The predicted octanol–water partition coefficient (Wildman–Crippen LogP) is 2.99. The summed E-state index contributed by atoms with van der Waals surface area (Å²) in [6.07, 6.45) is 5.30. The molecule has 1 saturated heterocycles. The summed E-state index contributed by atoms with van der Waals surface area (Å²) in [7, 11) is 0. The molecule has 146 valence electrons. The summed E-state index contributed by atoms with van der Waals surface area (Å²) in [4.78, 5) is 7.34. The number of rotatable bonds is 6. The van der Waals surface area contributed by atoms with E-state index in [1.807, 2.05) is 48.0 Å². The molecule has 0 saturated carbocycles. The van der Waals surface area contributed by atoms with Crippen LogP contribution in [-0.4, -0.2) is 46.9 Å². The molecule has 1 unspecified atom stereocenters. The highest BCUT2D eigenvalue weighted by atomic mass is 16.5. The van der Waals surface area contributed by atoms with Crippen molar-refractivity contribution >= 4 is 23.0 Å². The summed E-state index contributed by atoms with van der Waals surface area (Å²) in [6, 6.07) is 10.6. The second-order valence-electron chi connectivity index (χ2n) is 7.44. The topological polar surface area (TPSA) is 66.7 Å². The molecule has 1 aromatic carbocycles. The van der Waals surface area contributed by atoms with Crippen LogP contribution in [0.25, 0.3) is 5.65 Å². The Morgan fingerprint density at radius 1 is 1.25 bits per heavy atom. The number of nitrogens with zero attached hydrogens (tertiary/aromatic N) is 4. The molecule has 0 amide bonds. The Kier molecular flexibility index (Phi) is 4.52. The van der Waals surface area contributed by atoms with E-state index in [1.54, 1.807) is 0 Å². The van der Waals surface area contributed by atoms with Gasteiger partial charge in [0.2, 0.25) is 0 Å². The minimum atomic E-state index is 0.566. The smallest absolute Gasteiger partial charge is 0.159 e. The lowest BCUT2D eigenvalue weighted by Crippen LogP contribution is -2.37. The molecule has 5 rings (SSSR count). The van der Waals surface area contributed by atoms with Crippen LogP contribution in [0.1, 0.15) is 25.3 Å². The van der Waals surface area contributed by atoms with Gasteiger partial charge in [0.05, 0.1) is 12.8 Å². The molecule has 2 N–H and O–H groups in total. The highest BCUT2D eigenvalue weighted by Gasteiger charge is 2.29. The van der Waals surface area contributed by atoms with Crippen LogP contribution in [0.5, 0.6) is 5.75 Å². The van der Waals surface area contributed by atoms with E-state index in [0.29, 0.717) is 12.6 Å². The molecule has 2 aliphatic heterocycles. The van der Waals surface area contributed by atoms with Crippen LogP contribution < -0.4 is 20.3 Å². The molecule has 28 heavy (non-hydrogen) atoms. The maximum atomic E-state index is 5.55. The largest absolute Gasteiger partial charge is 0.494 e. The van der Waals surface area contributed by atoms with Crippen molar-refractivity contribution < 1.29 is 4.74 Å². The molecule has 3 aromatic rings. The Bertz CT molecular complexity index is 961. The van der Waals surface area contributed by atoms with E-state index in [0.717, 1.165) is 54.8 Å². The van der Waals surface area contributed by atoms with Gasteiger partial charge in [0.1, 0.15) is 17.4 Å². The lowest BCUT2D eigenvalue weighted by molar-refractivity contribution is 0.340. The number of nitrogens with one attached hydrogen (secondary N) is 2. The Hall–Kier alpha value is -2.80. The second kappa shape index (κ2) is 7.31. The van der Waals surface area contributed by atoms with Gasteiger partial charge in [-0.2, -0.15) is 9.61 Å². The quantitative estimate of drug-likeness (QED) is 0.687. The summed E-state index contributed by atoms with van der Waals surface area (Å²) in [5.74, 6) is 2.98. The number of hydrogen-bond donors (Lipinski definition) is 2. The van der Waals surface area contributed by atoms with Gasteiger partial charge in [-0.25, -0.2) is 4.98 Å². The third-order valence-corrected chi connectivity index (χ3v) is 5.57. The first-order valence-corrected chi connectivity index (χ1v) is 10.2. The van der Waals surface area contributed by atoms with E-state index < -0.39 is 0 Å². The van der Waals surface area contributed by atoms with E-state index in [-0.39, 0.29) is 0 Å². The number of fused-ring (bicyclic) bond motifs is 2. The van der Waals surface area contributed by atoms with E-state index in [2.05, 4.69) is 20.6 Å². The fourth-order valence-electron chi connectivity index (χ4n) is 4.23. The van der Waals surface area contributed by atoms with E-state index in [9.17, 15) is 0 Å². The number of anilines is 3. The summed E-state index contributed by atoms with van der Waals surface area (Å²) in [5, 5.41) is 11.7. The van der Waals surface area contributed by atoms with Crippen molar-refractivity contribution in [3.8, 4) is 5.75 Å². The van der Waals surface area contributed by atoms with Crippen molar-refractivity contribution in [2.75, 3.05) is 36.5 Å². The summed E-state index contributed by atoms with van der Waals surface area (Å²) < 4.78 is 7.46. The molecule has 0 bridgehead atoms. The lowest BCUT2D eigenvalue weighted by atomic mass is 10.2. The maximum absolute atomic E-state index is 5.55. The minimum Gasteiger partial charge on any atom is -0.494 e. The molecule has 1 fully saturated rings. The molecule has 4 heterocycles. The van der Waals surface area contributed by atoms with Gasteiger partial charge in [-0.15, -0.1) is 0 Å². The zero-order valence-corrected chi connectivity index (χ0v) is 16.2. The van der Waals surface area contributed by atoms with Gasteiger partial charge in [-0.3, -0.25) is 0 Å². The highest BCUT2D eigenvalue weighted by molar-refractivity contribution is 5.72. The molecular weight excluding hydrogens is 352 g/mol. The van der Waals surface area contributed by atoms with Crippen molar-refractivity contribution in [3.63, 3.8) is 0 Å². The first kappa shape index (κ1) is 17.3. The highest BCUT2D eigenvalue weighted by Crippen LogP contribution is 2.35. The molecule has 7 nitrogen and oxygen atoms in total. The van der Waals surface area contributed by atoms with Crippen molar-refractivity contribution in [1.29, 1.82) is 0 Å². The number of aromatic nitrogens is 3. The van der Waals surface area contributed by atoms with Crippen LogP contribution in [-0.2, 0) is 6.42 Å². The average Bonchev–Trinajstić information content (AvgIpc) is 3.45. The fourth-order valence-corrected chi connectivity index (χ4v) is 4.23. The van der Waals surface area contributed by atoms with Gasteiger partial charge in [0.15, 0.2) is 5.65 Å².